The van der Waals surface area contributed by atoms with E-state index in [1.54, 1.807) is 0 Å². The lowest BCUT2D eigenvalue weighted by atomic mass is 10.2. The Hall–Kier alpha value is -3.65. The van der Waals surface area contributed by atoms with E-state index in [-0.39, 0.29) is 0 Å². The fourth-order valence-corrected chi connectivity index (χ4v) is 3.41. The van der Waals surface area contributed by atoms with Gasteiger partial charge in [-0.3, -0.25) is 0 Å². The molecule has 0 atom stereocenters. The number of hydrogen-bond donors (Lipinski definition) is 2. The molecule has 0 spiro atoms. The van der Waals surface area contributed by atoms with Crippen LogP contribution in [-0.4, -0.2) is 39.0 Å². The number of nitrogens with one attached hydrogen (secondary N) is 2. The number of fused-ring (bicyclic) bond motifs is 1. The zero-order valence-electron chi connectivity index (χ0n) is 17.5. The standard InChI is InChI=1S/C23H24N6O2/c1-15-3-10-22(28-27-15)31-19-7-4-16(5-8-19)12-24-23-26-20-9-6-17(11-21(20)29(23)2)25-18-13-30-14-18/h3-11,18,25H,12-14H2,1-2H3,(H,24,26). The molecule has 0 unspecified atom stereocenters. The van der Waals surface area contributed by atoms with E-state index in [1.165, 1.54) is 0 Å². The minimum absolute atomic E-state index is 0.397. The van der Waals surface area contributed by atoms with Crippen molar-refractivity contribution in [2.24, 2.45) is 7.05 Å². The largest absolute Gasteiger partial charge is 0.438 e. The number of ether oxygens (including phenoxy) is 2. The Balaban J connectivity index is 1.23. The lowest BCUT2D eigenvalue weighted by molar-refractivity contribution is 0.0211. The molecule has 31 heavy (non-hydrogen) atoms. The van der Waals surface area contributed by atoms with Gasteiger partial charge in [-0.2, -0.15) is 5.10 Å². The minimum atomic E-state index is 0.397. The van der Waals surface area contributed by atoms with Crippen LogP contribution in [-0.2, 0) is 18.3 Å². The summed E-state index contributed by atoms with van der Waals surface area (Å²) >= 11 is 0. The van der Waals surface area contributed by atoms with Crippen molar-refractivity contribution < 1.29 is 9.47 Å². The molecule has 8 heteroatoms. The summed E-state index contributed by atoms with van der Waals surface area (Å²) in [5.41, 5.74) is 5.11. The predicted molar refractivity (Wildman–Crippen MR) is 120 cm³/mol. The second kappa shape index (κ2) is 8.23. The smallest absolute Gasteiger partial charge is 0.238 e. The van der Waals surface area contributed by atoms with Crippen LogP contribution >= 0.6 is 0 Å². The Kier molecular flexibility index (Phi) is 5.13. The summed E-state index contributed by atoms with van der Waals surface area (Å²) in [5.74, 6) is 2.03. The molecule has 1 saturated heterocycles. The highest BCUT2D eigenvalue weighted by atomic mass is 16.5. The molecule has 0 aliphatic carbocycles. The third kappa shape index (κ3) is 4.29. The van der Waals surface area contributed by atoms with Gasteiger partial charge in [0.2, 0.25) is 11.8 Å². The van der Waals surface area contributed by atoms with Gasteiger partial charge in [0.05, 0.1) is 36.0 Å². The fraction of sp³-hybridized carbons (Fsp3) is 0.261. The van der Waals surface area contributed by atoms with E-state index in [2.05, 4.69) is 37.5 Å². The van der Waals surface area contributed by atoms with Crippen molar-refractivity contribution in [2.45, 2.75) is 19.5 Å². The van der Waals surface area contributed by atoms with E-state index in [0.29, 0.717) is 18.5 Å². The van der Waals surface area contributed by atoms with Crippen LogP contribution in [0.3, 0.4) is 0 Å². The highest BCUT2D eigenvalue weighted by Crippen LogP contribution is 2.24. The number of rotatable bonds is 7. The third-order valence-corrected chi connectivity index (χ3v) is 5.26. The summed E-state index contributed by atoms with van der Waals surface area (Å²) in [5, 5.41) is 14.9. The predicted octanol–water partition coefficient (Wildman–Crippen LogP) is 3.89. The van der Waals surface area contributed by atoms with E-state index >= 15 is 0 Å². The summed E-state index contributed by atoms with van der Waals surface area (Å²) in [6.45, 7) is 4.08. The summed E-state index contributed by atoms with van der Waals surface area (Å²) in [4.78, 5) is 4.72. The molecule has 3 heterocycles. The molecular weight excluding hydrogens is 392 g/mol. The topological polar surface area (TPSA) is 86.1 Å². The van der Waals surface area contributed by atoms with Crippen LogP contribution in [0.2, 0.25) is 0 Å². The van der Waals surface area contributed by atoms with Gasteiger partial charge in [-0.05, 0) is 48.9 Å². The Morgan fingerprint density at radius 3 is 2.61 bits per heavy atom. The van der Waals surface area contributed by atoms with Crippen LogP contribution in [0.5, 0.6) is 11.6 Å². The maximum atomic E-state index is 5.74. The number of imidazole rings is 1. The molecule has 8 nitrogen and oxygen atoms in total. The number of aromatic nitrogens is 4. The molecule has 4 aromatic rings. The van der Waals surface area contributed by atoms with Gasteiger partial charge >= 0.3 is 0 Å². The molecule has 2 N–H and O–H groups in total. The average molecular weight is 416 g/mol. The van der Waals surface area contributed by atoms with Gasteiger partial charge < -0.3 is 24.7 Å². The third-order valence-electron chi connectivity index (χ3n) is 5.26. The molecule has 2 aromatic heterocycles. The Labute approximate surface area is 180 Å². The Bertz CT molecular complexity index is 1180. The van der Waals surface area contributed by atoms with Crippen LogP contribution in [0.25, 0.3) is 11.0 Å². The van der Waals surface area contributed by atoms with E-state index < -0.39 is 0 Å². The zero-order chi connectivity index (χ0) is 21.2. The van der Waals surface area contributed by atoms with Crippen molar-refractivity contribution in [3.05, 3.63) is 65.9 Å². The fourth-order valence-electron chi connectivity index (χ4n) is 3.41. The number of aryl methyl sites for hydroxylation is 2. The van der Waals surface area contributed by atoms with Gasteiger partial charge in [-0.15, -0.1) is 5.10 Å². The van der Waals surface area contributed by atoms with Gasteiger partial charge in [0.15, 0.2) is 0 Å². The number of nitrogens with zero attached hydrogens (tertiary/aromatic N) is 4. The second-order valence-corrected chi connectivity index (χ2v) is 7.69. The zero-order valence-corrected chi connectivity index (χ0v) is 17.5. The first kappa shape index (κ1) is 19.3. The Morgan fingerprint density at radius 2 is 1.90 bits per heavy atom. The summed E-state index contributed by atoms with van der Waals surface area (Å²) in [6, 6.07) is 18.2. The van der Waals surface area contributed by atoms with Crippen molar-refractivity contribution in [3.63, 3.8) is 0 Å². The van der Waals surface area contributed by atoms with Crippen molar-refractivity contribution in [1.29, 1.82) is 0 Å². The molecule has 2 aromatic carbocycles. The average Bonchev–Trinajstić information content (AvgIpc) is 3.07. The molecule has 158 valence electrons. The SMILES string of the molecule is Cc1ccc(Oc2ccc(CNc3nc4ccc(NC5COC5)cc4n3C)cc2)nn1. The van der Waals surface area contributed by atoms with E-state index in [4.69, 9.17) is 14.5 Å². The van der Waals surface area contributed by atoms with Crippen molar-refractivity contribution in [1.82, 2.24) is 19.7 Å². The molecule has 1 fully saturated rings. The summed E-state index contributed by atoms with van der Waals surface area (Å²) < 4.78 is 13.0. The summed E-state index contributed by atoms with van der Waals surface area (Å²) in [7, 11) is 2.02. The van der Waals surface area contributed by atoms with Crippen molar-refractivity contribution in [3.8, 4) is 11.6 Å². The minimum Gasteiger partial charge on any atom is -0.438 e. The van der Waals surface area contributed by atoms with Gasteiger partial charge in [-0.25, -0.2) is 4.98 Å². The quantitative estimate of drug-likeness (QED) is 0.473. The van der Waals surface area contributed by atoms with Gasteiger partial charge in [-0.1, -0.05) is 12.1 Å². The lowest BCUT2D eigenvalue weighted by Gasteiger charge is -2.27. The molecule has 1 aliphatic heterocycles. The monoisotopic (exact) mass is 416 g/mol. The van der Waals surface area contributed by atoms with Gasteiger partial charge in [0.25, 0.3) is 0 Å². The first-order chi connectivity index (χ1) is 15.1. The molecule has 0 radical (unpaired) electrons. The first-order valence-corrected chi connectivity index (χ1v) is 10.3. The van der Waals surface area contributed by atoms with Crippen molar-refractivity contribution in [2.75, 3.05) is 23.8 Å². The van der Waals surface area contributed by atoms with Crippen LogP contribution in [0.15, 0.2) is 54.6 Å². The number of hydrogen-bond acceptors (Lipinski definition) is 7. The maximum Gasteiger partial charge on any atom is 0.238 e. The molecule has 1 aliphatic rings. The number of anilines is 2. The lowest BCUT2D eigenvalue weighted by Crippen LogP contribution is -2.40. The molecular formula is C23H24N6O2. The van der Waals surface area contributed by atoms with E-state index in [0.717, 1.165) is 52.9 Å². The normalized spacial score (nSPS) is 13.7. The maximum absolute atomic E-state index is 5.74. The van der Waals surface area contributed by atoms with Crippen LogP contribution in [0.4, 0.5) is 11.6 Å². The molecule has 0 saturated carbocycles. The highest BCUT2D eigenvalue weighted by molar-refractivity contribution is 5.82. The highest BCUT2D eigenvalue weighted by Gasteiger charge is 2.18. The Morgan fingerprint density at radius 1 is 1.06 bits per heavy atom. The number of benzene rings is 2. The second-order valence-electron chi connectivity index (χ2n) is 7.69. The molecule has 0 bridgehead atoms. The van der Waals surface area contributed by atoms with E-state index in [1.807, 2.05) is 56.4 Å². The molecule has 0 amide bonds. The van der Waals surface area contributed by atoms with Crippen LogP contribution in [0.1, 0.15) is 11.3 Å². The van der Waals surface area contributed by atoms with Crippen LogP contribution in [0, 0.1) is 6.92 Å². The first-order valence-electron chi connectivity index (χ1n) is 10.3. The van der Waals surface area contributed by atoms with Gasteiger partial charge in [0.1, 0.15) is 5.75 Å². The van der Waals surface area contributed by atoms with Gasteiger partial charge in [0, 0.05) is 25.3 Å². The summed E-state index contributed by atoms with van der Waals surface area (Å²) in [6.07, 6.45) is 0. The van der Waals surface area contributed by atoms with Crippen molar-refractivity contribution >= 4 is 22.7 Å². The molecule has 5 rings (SSSR count). The van der Waals surface area contributed by atoms with E-state index in [9.17, 15) is 0 Å². The van der Waals surface area contributed by atoms with Crippen LogP contribution < -0.4 is 15.4 Å².